The van der Waals surface area contributed by atoms with Crippen LogP contribution >= 0.6 is 0 Å². The third kappa shape index (κ3) is 5.66. The lowest BCUT2D eigenvalue weighted by Gasteiger charge is -2.19. The molecule has 0 aliphatic rings. The Bertz CT molecular complexity index is 1110. The number of rotatable bonds is 7. The number of esters is 1. The lowest BCUT2D eigenvalue weighted by molar-refractivity contribution is -0.150. The van der Waals surface area contributed by atoms with E-state index in [0.29, 0.717) is 22.5 Å². The van der Waals surface area contributed by atoms with Crippen LogP contribution in [0.2, 0.25) is 0 Å². The van der Waals surface area contributed by atoms with Gasteiger partial charge < -0.3 is 18.6 Å². The molecule has 0 amide bonds. The minimum atomic E-state index is -0.447. The molecule has 0 radical (unpaired) electrons. The second-order valence-electron chi connectivity index (χ2n) is 8.46. The van der Waals surface area contributed by atoms with Gasteiger partial charge in [0.15, 0.2) is 6.61 Å². The van der Waals surface area contributed by atoms with Crippen molar-refractivity contribution in [3.8, 4) is 17.2 Å². The van der Waals surface area contributed by atoms with Crippen LogP contribution in [0.25, 0.3) is 11.0 Å². The molecule has 0 bridgehead atoms. The maximum absolute atomic E-state index is 12.8. The van der Waals surface area contributed by atoms with Crippen molar-refractivity contribution in [2.45, 2.75) is 52.6 Å². The maximum Gasteiger partial charge on any atom is 0.344 e. The largest absolute Gasteiger partial charge is 0.482 e. The summed E-state index contributed by atoms with van der Waals surface area (Å²) in [6, 6.07) is 12.4. The van der Waals surface area contributed by atoms with Gasteiger partial charge in [-0.15, -0.1) is 0 Å². The number of benzene rings is 2. The molecule has 2 aromatic carbocycles. The molecule has 3 rings (SSSR count). The van der Waals surface area contributed by atoms with Gasteiger partial charge in [-0.1, -0.05) is 39.8 Å². The summed E-state index contributed by atoms with van der Waals surface area (Å²) in [7, 11) is 0. The summed E-state index contributed by atoms with van der Waals surface area (Å²) < 4.78 is 22.0. The van der Waals surface area contributed by atoms with Gasteiger partial charge in [0.2, 0.25) is 11.2 Å². The van der Waals surface area contributed by atoms with Crippen LogP contribution in [0.4, 0.5) is 0 Å². The number of hydrogen-bond acceptors (Lipinski definition) is 6. The molecule has 0 saturated heterocycles. The first-order chi connectivity index (χ1) is 14.7. The van der Waals surface area contributed by atoms with Gasteiger partial charge >= 0.3 is 5.97 Å². The van der Waals surface area contributed by atoms with E-state index < -0.39 is 5.97 Å². The van der Waals surface area contributed by atoms with Gasteiger partial charge in [0.1, 0.15) is 23.3 Å². The zero-order valence-corrected chi connectivity index (χ0v) is 18.6. The maximum atomic E-state index is 12.8. The molecule has 1 heterocycles. The molecule has 1 atom stereocenters. The van der Waals surface area contributed by atoms with E-state index in [0.717, 1.165) is 6.42 Å². The van der Waals surface area contributed by atoms with Gasteiger partial charge in [-0.2, -0.15) is 0 Å². The molecule has 0 aliphatic heterocycles. The zero-order valence-electron chi connectivity index (χ0n) is 18.6. The summed E-state index contributed by atoms with van der Waals surface area (Å²) in [5, 5.41) is 0.360. The molecule has 0 N–H and O–H groups in total. The molecule has 3 aromatic rings. The summed E-state index contributed by atoms with van der Waals surface area (Å²) >= 11 is 0. The minimum Gasteiger partial charge on any atom is -0.482 e. The quantitative estimate of drug-likeness (QED) is 0.459. The summed E-state index contributed by atoms with van der Waals surface area (Å²) in [6.07, 6.45) is 1.86. The molecular formula is C25H28O6. The number of fused-ring (bicyclic) bond motifs is 1. The van der Waals surface area contributed by atoms with Crippen molar-refractivity contribution in [2.75, 3.05) is 6.61 Å². The molecule has 6 heteroatoms. The molecular weight excluding hydrogens is 396 g/mol. The van der Waals surface area contributed by atoms with E-state index >= 15 is 0 Å². The van der Waals surface area contributed by atoms with Crippen LogP contribution in [-0.2, 0) is 14.9 Å². The van der Waals surface area contributed by atoms with Crippen LogP contribution in [0.3, 0.4) is 0 Å². The predicted molar refractivity (Wildman–Crippen MR) is 119 cm³/mol. The highest BCUT2D eigenvalue weighted by Gasteiger charge is 2.15. The summed E-state index contributed by atoms with van der Waals surface area (Å²) in [6.45, 7) is 9.93. The Kier molecular flexibility index (Phi) is 6.68. The smallest absolute Gasteiger partial charge is 0.344 e. The SMILES string of the molecule is CC[C@H](C)OC(=O)COc1ccc2c(=O)c(Oc3ccc(C(C)(C)C)cc3)coc2c1. The summed E-state index contributed by atoms with van der Waals surface area (Å²) in [4.78, 5) is 24.6. The van der Waals surface area contributed by atoms with Gasteiger partial charge in [0.25, 0.3) is 0 Å². The predicted octanol–water partition coefficient (Wildman–Crippen LogP) is 5.60. The molecule has 6 nitrogen and oxygen atoms in total. The number of hydrogen-bond donors (Lipinski definition) is 0. The van der Waals surface area contributed by atoms with Crippen LogP contribution in [0, 0.1) is 0 Å². The first-order valence-electron chi connectivity index (χ1n) is 10.3. The Morgan fingerprint density at radius 3 is 2.39 bits per heavy atom. The minimum absolute atomic E-state index is 0.0330. The fourth-order valence-electron chi connectivity index (χ4n) is 2.89. The summed E-state index contributed by atoms with van der Waals surface area (Å²) in [5.74, 6) is 0.613. The van der Waals surface area contributed by atoms with Crippen LogP contribution in [-0.4, -0.2) is 18.7 Å². The summed E-state index contributed by atoms with van der Waals surface area (Å²) in [5.41, 5.74) is 1.26. The first-order valence-corrected chi connectivity index (χ1v) is 10.3. The molecule has 0 saturated carbocycles. The first kappa shape index (κ1) is 22.4. The van der Waals surface area contributed by atoms with E-state index in [9.17, 15) is 9.59 Å². The Labute approximate surface area is 181 Å². The molecule has 0 spiro atoms. The molecule has 31 heavy (non-hydrogen) atoms. The standard InChI is InChI=1S/C25H28O6/c1-6-16(2)30-23(26)15-28-19-11-12-20-21(13-19)29-14-22(24(20)27)31-18-9-7-17(8-10-18)25(3,4)5/h7-14,16H,6,15H2,1-5H3/t16-/m0/s1. The van der Waals surface area contributed by atoms with Crippen molar-refractivity contribution >= 4 is 16.9 Å². The van der Waals surface area contributed by atoms with Gasteiger partial charge in [0, 0.05) is 6.07 Å². The highest BCUT2D eigenvalue weighted by molar-refractivity contribution is 5.79. The third-order valence-electron chi connectivity index (χ3n) is 4.93. The van der Waals surface area contributed by atoms with Crippen LogP contribution in [0.15, 0.2) is 57.9 Å². The molecule has 0 fully saturated rings. The average Bonchev–Trinajstić information content (AvgIpc) is 2.74. The Balaban J connectivity index is 1.73. The average molecular weight is 424 g/mol. The zero-order chi connectivity index (χ0) is 22.6. The van der Waals surface area contributed by atoms with Crippen LogP contribution in [0.1, 0.15) is 46.6 Å². The van der Waals surface area contributed by atoms with E-state index in [1.54, 1.807) is 18.2 Å². The van der Waals surface area contributed by atoms with E-state index in [1.807, 2.05) is 38.1 Å². The second kappa shape index (κ2) is 9.25. The molecule has 1 aromatic heterocycles. The van der Waals surface area contributed by atoms with Crippen molar-refractivity contribution in [3.05, 3.63) is 64.5 Å². The topological polar surface area (TPSA) is 75.0 Å². The van der Waals surface area contributed by atoms with E-state index in [4.69, 9.17) is 18.6 Å². The normalized spacial score (nSPS) is 12.4. The van der Waals surface area contributed by atoms with Crippen molar-refractivity contribution in [1.29, 1.82) is 0 Å². The lowest BCUT2D eigenvalue weighted by Crippen LogP contribution is -2.20. The van der Waals surface area contributed by atoms with Crippen molar-refractivity contribution < 1.29 is 23.4 Å². The fraction of sp³-hybridized carbons (Fsp3) is 0.360. The highest BCUT2D eigenvalue weighted by Crippen LogP contribution is 2.27. The molecule has 164 valence electrons. The molecule has 0 aliphatic carbocycles. The van der Waals surface area contributed by atoms with Gasteiger partial charge in [0.05, 0.1) is 11.5 Å². The van der Waals surface area contributed by atoms with E-state index in [2.05, 4.69) is 20.8 Å². The Morgan fingerprint density at radius 1 is 1.06 bits per heavy atom. The number of carbonyl (C=O) groups excluding carboxylic acids is 1. The third-order valence-corrected chi connectivity index (χ3v) is 4.93. The molecule has 0 unspecified atom stereocenters. The van der Waals surface area contributed by atoms with Crippen molar-refractivity contribution in [2.24, 2.45) is 0 Å². The highest BCUT2D eigenvalue weighted by atomic mass is 16.6. The van der Waals surface area contributed by atoms with Crippen LogP contribution < -0.4 is 14.9 Å². The van der Waals surface area contributed by atoms with Gasteiger partial charge in [-0.25, -0.2) is 4.79 Å². The Hall–Kier alpha value is -3.28. The monoisotopic (exact) mass is 424 g/mol. The van der Waals surface area contributed by atoms with E-state index in [-0.39, 0.29) is 29.3 Å². The lowest BCUT2D eigenvalue weighted by atomic mass is 9.87. The fourth-order valence-corrected chi connectivity index (χ4v) is 2.89. The van der Waals surface area contributed by atoms with Gasteiger partial charge in [-0.05, 0) is 48.6 Å². The Morgan fingerprint density at radius 2 is 1.74 bits per heavy atom. The van der Waals surface area contributed by atoms with Gasteiger partial charge in [-0.3, -0.25) is 4.79 Å². The number of ether oxygens (including phenoxy) is 3. The van der Waals surface area contributed by atoms with Crippen LogP contribution in [0.5, 0.6) is 17.2 Å². The number of carbonyl (C=O) groups is 1. The van der Waals surface area contributed by atoms with E-state index in [1.165, 1.54) is 11.8 Å². The van der Waals surface area contributed by atoms with Crippen molar-refractivity contribution in [1.82, 2.24) is 0 Å². The second-order valence-corrected chi connectivity index (χ2v) is 8.46. The van der Waals surface area contributed by atoms with Crippen molar-refractivity contribution in [3.63, 3.8) is 0 Å².